The summed E-state index contributed by atoms with van der Waals surface area (Å²) < 4.78 is 0. The molecule has 3 heterocycles. The molecule has 0 aliphatic heterocycles. The average Bonchev–Trinajstić information content (AvgIpc) is 3.95. The lowest BCUT2D eigenvalue weighted by atomic mass is 10.0. The third kappa shape index (κ3) is 8.69. The molecule has 0 bridgehead atoms. The van der Waals surface area contributed by atoms with Crippen molar-refractivity contribution in [3.05, 3.63) is 83.4 Å². The minimum Gasteiger partial charge on any atom is -0.375 e. The molecule has 0 saturated heterocycles. The quantitative estimate of drug-likeness (QED) is 0.176. The molecule has 3 aromatic heterocycles. The maximum absolute atomic E-state index is 13.3. The van der Waals surface area contributed by atoms with Crippen LogP contribution in [0.25, 0.3) is 11.3 Å². The highest BCUT2D eigenvalue weighted by molar-refractivity contribution is 6.01. The summed E-state index contributed by atoms with van der Waals surface area (Å²) in [5.41, 5.74) is 5.93. The summed E-state index contributed by atoms with van der Waals surface area (Å²) >= 11 is 0. The zero-order valence-corrected chi connectivity index (χ0v) is 28.8. The van der Waals surface area contributed by atoms with Crippen molar-refractivity contribution in [2.24, 2.45) is 5.92 Å². The number of amides is 3. The largest absolute Gasteiger partial charge is 0.375 e. The van der Waals surface area contributed by atoms with Crippen LogP contribution in [0.2, 0.25) is 0 Å². The van der Waals surface area contributed by atoms with Crippen LogP contribution in [0, 0.1) is 5.92 Å². The van der Waals surface area contributed by atoms with Crippen molar-refractivity contribution in [2.75, 3.05) is 43.7 Å². The van der Waals surface area contributed by atoms with Gasteiger partial charge in [0.25, 0.3) is 11.8 Å². The second-order valence-corrected chi connectivity index (χ2v) is 11.6. The molecule has 252 valence electrons. The van der Waals surface area contributed by atoms with Crippen LogP contribution < -0.4 is 20.9 Å². The lowest BCUT2D eigenvalue weighted by Gasteiger charge is -2.23. The Labute approximate surface area is 282 Å². The Kier molecular flexibility index (Phi) is 12.1. The maximum atomic E-state index is 13.3. The molecule has 12 nitrogen and oxygen atoms in total. The fourth-order valence-corrected chi connectivity index (χ4v) is 5.16. The molecule has 1 aromatic carbocycles. The van der Waals surface area contributed by atoms with Gasteiger partial charge in [0.2, 0.25) is 5.91 Å². The van der Waals surface area contributed by atoms with Gasteiger partial charge in [0.15, 0.2) is 11.5 Å². The number of pyridine rings is 2. The first-order chi connectivity index (χ1) is 23.2. The van der Waals surface area contributed by atoms with Crippen molar-refractivity contribution in [3.8, 4) is 11.3 Å². The second-order valence-electron chi connectivity index (χ2n) is 11.6. The number of hydrogen-bond acceptors (Lipinski definition) is 9. The highest BCUT2D eigenvalue weighted by atomic mass is 16.2. The molecule has 3 N–H and O–H groups in total. The van der Waals surface area contributed by atoms with Crippen molar-refractivity contribution >= 4 is 40.6 Å². The van der Waals surface area contributed by atoms with Gasteiger partial charge in [-0.25, -0.2) is 0 Å². The number of aryl methyl sites for hydroxylation is 1. The molecule has 0 atom stereocenters. The van der Waals surface area contributed by atoms with Gasteiger partial charge in [-0.2, -0.15) is 0 Å². The maximum Gasteiger partial charge on any atom is 0.273 e. The van der Waals surface area contributed by atoms with E-state index in [-0.39, 0.29) is 29.2 Å². The van der Waals surface area contributed by atoms with Crippen LogP contribution >= 0.6 is 0 Å². The highest BCUT2D eigenvalue weighted by Gasteiger charge is 2.30. The summed E-state index contributed by atoms with van der Waals surface area (Å²) in [7, 11) is 7.09. The summed E-state index contributed by atoms with van der Waals surface area (Å²) in [5.74, 6) is -0.439. The first-order valence-corrected chi connectivity index (χ1v) is 16.3. The monoisotopic (exact) mass is 651 g/mol. The molecule has 0 spiro atoms. The molecule has 1 aliphatic carbocycles. The number of nitrogens with one attached hydrogen (secondary N) is 3. The number of aromatic nitrogens is 4. The topological polar surface area (TPSA) is 145 Å². The van der Waals surface area contributed by atoms with E-state index < -0.39 is 5.91 Å². The molecule has 5 rings (SSSR count). The highest BCUT2D eigenvalue weighted by Crippen LogP contribution is 2.38. The smallest absolute Gasteiger partial charge is 0.273 e. The van der Waals surface area contributed by atoms with Gasteiger partial charge in [0, 0.05) is 58.1 Å². The zero-order chi connectivity index (χ0) is 34.8. The Morgan fingerprint density at radius 1 is 0.938 bits per heavy atom. The third-order valence-electron chi connectivity index (χ3n) is 7.64. The van der Waals surface area contributed by atoms with Crippen LogP contribution in [0.4, 0.5) is 22.9 Å². The van der Waals surface area contributed by atoms with Gasteiger partial charge in [-0.05, 0) is 55.2 Å². The Morgan fingerprint density at radius 2 is 1.71 bits per heavy atom. The summed E-state index contributed by atoms with van der Waals surface area (Å²) in [6, 6.07) is 14.9. The van der Waals surface area contributed by atoms with Gasteiger partial charge in [0.05, 0.1) is 40.6 Å². The Hall–Kier alpha value is -5.39. The van der Waals surface area contributed by atoms with Crippen molar-refractivity contribution in [2.45, 2.75) is 53.0 Å². The van der Waals surface area contributed by atoms with Crippen LogP contribution in [0.3, 0.4) is 0 Å². The molecular formula is C36H45N9O3. The normalized spacial score (nSPS) is 11.9. The predicted octanol–water partition coefficient (Wildman–Crippen LogP) is 5.70. The molecular weight excluding hydrogens is 606 g/mol. The molecule has 0 unspecified atom stereocenters. The van der Waals surface area contributed by atoms with Crippen LogP contribution in [0.1, 0.15) is 72.1 Å². The Morgan fingerprint density at radius 3 is 2.35 bits per heavy atom. The number of nitrogens with zero attached hydrogens (tertiary/aromatic N) is 6. The minimum absolute atomic E-state index is 0.0111. The molecule has 1 saturated carbocycles. The van der Waals surface area contributed by atoms with Gasteiger partial charge in [-0.1, -0.05) is 39.3 Å². The van der Waals surface area contributed by atoms with E-state index in [1.54, 1.807) is 36.5 Å². The van der Waals surface area contributed by atoms with Crippen LogP contribution in [-0.2, 0) is 17.8 Å². The van der Waals surface area contributed by atoms with E-state index in [4.69, 9.17) is 0 Å². The average molecular weight is 652 g/mol. The summed E-state index contributed by atoms with van der Waals surface area (Å²) in [6.45, 7) is 6.53. The second kappa shape index (κ2) is 16.4. The molecule has 0 radical (unpaired) electrons. The van der Waals surface area contributed by atoms with E-state index in [1.807, 2.05) is 69.2 Å². The van der Waals surface area contributed by atoms with Gasteiger partial charge in [-0.15, -0.1) is 10.2 Å². The van der Waals surface area contributed by atoms with E-state index in [0.29, 0.717) is 29.2 Å². The third-order valence-corrected chi connectivity index (χ3v) is 7.64. The van der Waals surface area contributed by atoms with E-state index in [1.165, 1.54) is 12.6 Å². The fourth-order valence-electron chi connectivity index (χ4n) is 5.16. The fraction of sp³-hybridized carbons (Fsp3) is 0.361. The van der Waals surface area contributed by atoms with Crippen molar-refractivity contribution in [1.82, 2.24) is 30.4 Å². The number of carbonyl (C=O) groups excluding carboxylic acids is 3. The number of carbonyl (C=O) groups is 3. The zero-order valence-electron chi connectivity index (χ0n) is 28.8. The molecule has 12 heteroatoms. The molecule has 48 heavy (non-hydrogen) atoms. The summed E-state index contributed by atoms with van der Waals surface area (Å²) in [4.78, 5) is 51.0. The van der Waals surface area contributed by atoms with Gasteiger partial charge in [-0.3, -0.25) is 24.4 Å². The molecule has 1 aliphatic rings. The summed E-state index contributed by atoms with van der Waals surface area (Å²) in [5, 5.41) is 16.9. The lowest BCUT2D eigenvalue weighted by Crippen LogP contribution is -2.26. The Bertz CT molecular complexity index is 1740. The van der Waals surface area contributed by atoms with E-state index in [0.717, 1.165) is 42.6 Å². The SMILES string of the molecule is CC.CCCc1ccnc(CN(C)C(=O)c2ccc(-c3cccc(Nc4cc(NC(=O)C5CC5)nnc4C(=O)NC)c3N(C)C)nc2)c1. The predicted molar refractivity (Wildman–Crippen MR) is 189 cm³/mol. The first-order valence-electron chi connectivity index (χ1n) is 16.3. The molecule has 1 fully saturated rings. The van der Waals surface area contributed by atoms with E-state index in [2.05, 4.69) is 43.0 Å². The van der Waals surface area contributed by atoms with Crippen molar-refractivity contribution in [3.63, 3.8) is 0 Å². The number of rotatable bonds is 12. The van der Waals surface area contributed by atoms with Crippen LogP contribution in [0.5, 0.6) is 0 Å². The number of benzene rings is 1. The van der Waals surface area contributed by atoms with Crippen LogP contribution in [0.15, 0.2) is 60.9 Å². The number of para-hydroxylation sites is 1. The summed E-state index contributed by atoms with van der Waals surface area (Å²) in [6.07, 6.45) is 7.09. The Balaban J connectivity index is 0.00000255. The number of hydrogen-bond donors (Lipinski definition) is 3. The lowest BCUT2D eigenvalue weighted by molar-refractivity contribution is -0.117. The van der Waals surface area contributed by atoms with Crippen LogP contribution in [-0.4, -0.2) is 71.0 Å². The van der Waals surface area contributed by atoms with Gasteiger partial charge < -0.3 is 25.8 Å². The standard InChI is InChI=1S/C34H39N9O3.C2H6/c1-6-8-21-15-16-36-24(17-21)20-43(5)34(46)23-13-14-26(37-19-23)25-9-7-10-27(31(25)42(3)4)38-28-18-29(39-32(44)22-11-12-22)40-41-30(28)33(45)35-2;1-2/h7,9-10,13-19,22H,6,8,11-12,20H2,1-5H3,(H,35,45)(H2,38,39,40,44);1-2H3. The van der Waals surface area contributed by atoms with Gasteiger partial charge >= 0.3 is 0 Å². The number of anilines is 4. The van der Waals surface area contributed by atoms with Gasteiger partial charge in [0.1, 0.15) is 0 Å². The van der Waals surface area contributed by atoms with Crippen molar-refractivity contribution in [1.29, 1.82) is 0 Å². The molecule has 4 aromatic rings. The van der Waals surface area contributed by atoms with E-state index in [9.17, 15) is 14.4 Å². The van der Waals surface area contributed by atoms with Crippen molar-refractivity contribution < 1.29 is 14.4 Å². The van der Waals surface area contributed by atoms with E-state index >= 15 is 0 Å². The minimum atomic E-state index is -0.422. The molecule has 3 amide bonds. The first kappa shape index (κ1) is 35.5.